The number of rotatable bonds is 2. The first-order valence-corrected chi connectivity index (χ1v) is 8.59. The van der Waals surface area contributed by atoms with Crippen LogP contribution in [0.5, 0.6) is 0 Å². The predicted molar refractivity (Wildman–Crippen MR) is 91.5 cm³/mol. The molecule has 0 bridgehead atoms. The first-order chi connectivity index (χ1) is 11.2. The van der Waals surface area contributed by atoms with Crippen LogP contribution in [0.1, 0.15) is 10.6 Å². The molecule has 0 saturated carbocycles. The minimum atomic E-state index is -0.0730. The number of furan rings is 1. The Balaban J connectivity index is 1.48. The largest absolute Gasteiger partial charge is 0.451 e. The molecule has 1 saturated heterocycles. The third-order valence-corrected chi connectivity index (χ3v) is 5.01. The lowest BCUT2D eigenvalue weighted by Gasteiger charge is -2.34. The average molecular weight is 348 g/mol. The zero-order chi connectivity index (χ0) is 15.8. The molecule has 23 heavy (non-hydrogen) atoms. The van der Waals surface area contributed by atoms with Crippen molar-refractivity contribution >= 4 is 44.9 Å². The van der Waals surface area contributed by atoms with Gasteiger partial charge in [0.05, 0.1) is 0 Å². The molecule has 1 amide bonds. The van der Waals surface area contributed by atoms with Crippen LogP contribution in [0.15, 0.2) is 40.3 Å². The van der Waals surface area contributed by atoms with Gasteiger partial charge in [0.25, 0.3) is 5.91 Å². The molecular formula is C16H14ClN3O2S. The Bertz CT molecular complexity index is 838. The van der Waals surface area contributed by atoms with Crippen LogP contribution in [0.3, 0.4) is 0 Å². The van der Waals surface area contributed by atoms with Crippen molar-refractivity contribution in [3.05, 3.63) is 46.6 Å². The summed E-state index contributed by atoms with van der Waals surface area (Å²) in [4.78, 5) is 21.0. The van der Waals surface area contributed by atoms with Crippen LogP contribution < -0.4 is 4.90 Å². The summed E-state index contributed by atoms with van der Waals surface area (Å²) >= 11 is 7.59. The van der Waals surface area contributed by atoms with Crippen LogP contribution in [0.2, 0.25) is 5.02 Å². The van der Waals surface area contributed by atoms with E-state index in [0.29, 0.717) is 29.5 Å². The molecule has 5 nitrogen and oxygen atoms in total. The van der Waals surface area contributed by atoms with Gasteiger partial charge in [-0.1, -0.05) is 11.6 Å². The number of carbonyl (C=O) groups excluding carboxylic acids is 1. The number of aromatic nitrogens is 1. The van der Waals surface area contributed by atoms with Crippen molar-refractivity contribution < 1.29 is 9.21 Å². The van der Waals surface area contributed by atoms with Gasteiger partial charge in [0.15, 0.2) is 10.9 Å². The monoisotopic (exact) mass is 347 g/mol. The Kier molecular flexibility index (Phi) is 3.71. The summed E-state index contributed by atoms with van der Waals surface area (Å²) in [5.74, 6) is 0.293. The topological polar surface area (TPSA) is 49.6 Å². The number of hydrogen-bond acceptors (Lipinski definition) is 5. The van der Waals surface area contributed by atoms with Crippen molar-refractivity contribution in [1.82, 2.24) is 9.88 Å². The molecule has 0 atom stereocenters. The maximum Gasteiger partial charge on any atom is 0.289 e. The lowest BCUT2D eigenvalue weighted by Crippen LogP contribution is -2.48. The van der Waals surface area contributed by atoms with E-state index in [9.17, 15) is 4.79 Å². The molecule has 7 heteroatoms. The van der Waals surface area contributed by atoms with Gasteiger partial charge >= 0.3 is 0 Å². The van der Waals surface area contributed by atoms with Crippen molar-refractivity contribution in [3.8, 4) is 0 Å². The van der Waals surface area contributed by atoms with E-state index in [0.717, 1.165) is 23.6 Å². The van der Waals surface area contributed by atoms with Crippen LogP contribution in [0.25, 0.3) is 11.0 Å². The van der Waals surface area contributed by atoms with E-state index < -0.39 is 0 Å². The Morgan fingerprint density at radius 2 is 2.04 bits per heavy atom. The fraction of sp³-hybridized carbons (Fsp3) is 0.250. The molecular weight excluding hydrogens is 334 g/mol. The third-order valence-electron chi connectivity index (χ3n) is 3.95. The van der Waals surface area contributed by atoms with Gasteiger partial charge in [-0.05, 0) is 24.3 Å². The highest BCUT2D eigenvalue weighted by Crippen LogP contribution is 2.25. The van der Waals surface area contributed by atoms with Crippen molar-refractivity contribution in [1.29, 1.82) is 0 Å². The fourth-order valence-electron chi connectivity index (χ4n) is 2.75. The van der Waals surface area contributed by atoms with Crippen LogP contribution in [-0.4, -0.2) is 42.0 Å². The molecule has 118 valence electrons. The second-order valence-electron chi connectivity index (χ2n) is 5.39. The normalized spacial score (nSPS) is 15.3. The van der Waals surface area contributed by atoms with E-state index >= 15 is 0 Å². The van der Waals surface area contributed by atoms with Crippen LogP contribution in [0, 0.1) is 0 Å². The second kappa shape index (κ2) is 5.86. The maximum atomic E-state index is 12.6. The lowest BCUT2D eigenvalue weighted by atomic mass is 10.2. The number of benzene rings is 1. The molecule has 2 aromatic heterocycles. The summed E-state index contributed by atoms with van der Waals surface area (Å²) in [6.45, 7) is 2.89. The van der Waals surface area contributed by atoms with Crippen LogP contribution >= 0.6 is 22.9 Å². The number of amides is 1. The number of piperazine rings is 1. The van der Waals surface area contributed by atoms with E-state index in [2.05, 4.69) is 9.88 Å². The molecule has 0 spiro atoms. The van der Waals surface area contributed by atoms with Gasteiger partial charge in [-0.15, -0.1) is 11.3 Å². The zero-order valence-corrected chi connectivity index (χ0v) is 13.8. The van der Waals surface area contributed by atoms with Crippen LogP contribution in [-0.2, 0) is 0 Å². The van der Waals surface area contributed by atoms with Crippen molar-refractivity contribution in [3.63, 3.8) is 0 Å². The van der Waals surface area contributed by atoms with Gasteiger partial charge in [0.2, 0.25) is 0 Å². The van der Waals surface area contributed by atoms with Gasteiger partial charge in [0.1, 0.15) is 5.58 Å². The molecule has 3 heterocycles. The average Bonchev–Trinajstić information content (AvgIpc) is 3.23. The molecule has 0 N–H and O–H groups in total. The van der Waals surface area contributed by atoms with E-state index in [1.807, 2.05) is 10.3 Å². The highest BCUT2D eigenvalue weighted by Gasteiger charge is 2.25. The van der Waals surface area contributed by atoms with E-state index in [1.165, 1.54) is 0 Å². The standard InChI is InChI=1S/C16H14ClN3O2S/c17-12-1-2-13-11(9-12)10-14(22-13)15(21)19-4-6-20(7-5-19)16-18-3-8-23-16/h1-3,8-10H,4-7H2. The summed E-state index contributed by atoms with van der Waals surface area (Å²) in [5.41, 5.74) is 0.680. The number of halogens is 1. The Morgan fingerprint density at radius 1 is 1.22 bits per heavy atom. The SMILES string of the molecule is O=C(c1cc2cc(Cl)ccc2o1)N1CCN(c2nccs2)CC1. The van der Waals surface area contributed by atoms with E-state index in [-0.39, 0.29) is 5.91 Å². The smallest absolute Gasteiger partial charge is 0.289 e. The van der Waals surface area contributed by atoms with Crippen molar-refractivity contribution in [2.75, 3.05) is 31.1 Å². The first kappa shape index (κ1) is 14.5. The summed E-state index contributed by atoms with van der Waals surface area (Å²) in [5, 5.41) is 4.46. The number of carbonyl (C=O) groups is 1. The van der Waals surface area contributed by atoms with Crippen molar-refractivity contribution in [2.45, 2.75) is 0 Å². The van der Waals surface area contributed by atoms with Gasteiger partial charge in [-0.3, -0.25) is 4.79 Å². The number of hydrogen-bond donors (Lipinski definition) is 0. The molecule has 0 radical (unpaired) electrons. The van der Waals surface area contributed by atoms with Gasteiger partial charge in [-0.2, -0.15) is 0 Å². The third kappa shape index (κ3) is 2.80. The van der Waals surface area contributed by atoms with Gasteiger partial charge in [0, 0.05) is 48.2 Å². The van der Waals surface area contributed by atoms with E-state index in [4.69, 9.17) is 16.0 Å². The summed E-state index contributed by atoms with van der Waals surface area (Å²) in [7, 11) is 0. The quantitative estimate of drug-likeness (QED) is 0.712. The summed E-state index contributed by atoms with van der Waals surface area (Å²) in [6, 6.07) is 7.11. The Labute approximate surface area is 142 Å². The first-order valence-electron chi connectivity index (χ1n) is 7.33. The molecule has 1 fully saturated rings. The van der Waals surface area contributed by atoms with Gasteiger partial charge < -0.3 is 14.2 Å². The molecule has 1 aliphatic heterocycles. The summed E-state index contributed by atoms with van der Waals surface area (Å²) in [6.07, 6.45) is 1.80. The number of anilines is 1. The summed E-state index contributed by atoms with van der Waals surface area (Å²) < 4.78 is 5.66. The number of nitrogens with zero attached hydrogens (tertiary/aromatic N) is 3. The lowest BCUT2D eigenvalue weighted by molar-refractivity contribution is 0.0717. The molecule has 1 aliphatic rings. The minimum absolute atomic E-state index is 0.0730. The zero-order valence-electron chi connectivity index (χ0n) is 12.2. The van der Waals surface area contributed by atoms with Crippen molar-refractivity contribution in [2.24, 2.45) is 0 Å². The number of thiazole rings is 1. The maximum absolute atomic E-state index is 12.6. The molecule has 4 rings (SSSR count). The molecule has 0 aliphatic carbocycles. The second-order valence-corrected chi connectivity index (χ2v) is 6.70. The predicted octanol–water partition coefficient (Wildman–Crippen LogP) is 3.51. The minimum Gasteiger partial charge on any atom is -0.451 e. The Morgan fingerprint density at radius 3 is 2.78 bits per heavy atom. The Hall–Kier alpha value is -2.05. The molecule has 0 unspecified atom stereocenters. The fourth-order valence-corrected chi connectivity index (χ4v) is 3.63. The van der Waals surface area contributed by atoms with Gasteiger partial charge in [-0.25, -0.2) is 4.98 Å². The molecule has 3 aromatic rings. The van der Waals surface area contributed by atoms with E-state index in [1.54, 1.807) is 41.8 Å². The highest BCUT2D eigenvalue weighted by molar-refractivity contribution is 7.13. The van der Waals surface area contributed by atoms with Crippen LogP contribution in [0.4, 0.5) is 5.13 Å². The number of fused-ring (bicyclic) bond motifs is 1. The molecule has 1 aromatic carbocycles. The highest BCUT2D eigenvalue weighted by atomic mass is 35.5.